The van der Waals surface area contributed by atoms with Crippen LogP contribution in [0, 0.1) is 6.92 Å². The van der Waals surface area contributed by atoms with Gasteiger partial charge in [0.15, 0.2) is 5.94 Å². The van der Waals surface area contributed by atoms with Gasteiger partial charge < -0.3 is 10.1 Å². The number of benzene rings is 3. The van der Waals surface area contributed by atoms with E-state index in [2.05, 4.69) is 5.32 Å². The van der Waals surface area contributed by atoms with E-state index in [0.29, 0.717) is 17.9 Å². The molecule has 0 unspecified atom stereocenters. The molecule has 1 saturated heterocycles. The summed E-state index contributed by atoms with van der Waals surface area (Å²) >= 11 is 0. The van der Waals surface area contributed by atoms with E-state index in [1.54, 1.807) is 24.3 Å². The maximum absolute atomic E-state index is 12.7. The van der Waals surface area contributed by atoms with Crippen LogP contribution in [0.1, 0.15) is 15.9 Å². The first-order chi connectivity index (χ1) is 13.5. The number of hydrogen-bond acceptors (Lipinski definition) is 4. The van der Waals surface area contributed by atoms with Crippen LogP contribution < -0.4 is 9.62 Å². The minimum Gasteiger partial charge on any atom is -0.362 e. The van der Waals surface area contributed by atoms with Crippen LogP contribution in [0.3, 0.4) is 0 Å². The summed E-state index contributed by atoms with van der Waals surface area (Å²) in [6.07, 6.45) is 0. The van der Waals surface area contributed by atoms with Crippen molar-refractivity contribution in [1.82, 2.24) is 0 Å². The fraction of sp³-hybridized carbons (Fsp3) is 0.190. The van der Waals surface area contributed by atoms with Gasteiger partial charge >= 0.3 is 0 Å². The molecular weight excluding hydrogens is 376 g/mol. The lowest BCUT2D eigenvalue weighted by Crippen LogP contribution is -2.41. The summed E-state index contributed by atoms with van der Waals surface area (Å²) in [5, 5.41) is 5.02. The van der Waals surface area contributed by atoms with Crippen LogP contribution in [0.2, 0.25) is 0 Å². The molecule has 4 rings (SSSR count). The summed E-state index contributed by atoms with van der Waals surface area (Å²) in [6, 6.07) is 18.3. The third kappa shape index (κ3) is 3.46. The number of aryl methyl sites for hydroxylation is 1. The van der Waals surface area contributed by atoms with Gasteiger partial charge in [-0.05, 0) is 48.2 Å². The van der Waals surface area contributed by atoms with Crippen LogP contribution in [0.15, 0.2) is 60.7 Å². The molecule has 1 heterocycles. The molecule has 7 heteroatoms. The van der Waals surface area contributed by atoms with Crippen molar-refractivity contribution in [2.75, 3.05) is 28.7 Å². The monoisotopic (exact) mass is 396 g/mol. The van der Waals surface area contributed by atoms with Gasteiger partial charge in [-0.2, -0.15) is 0 Å². The first-order valence-electron chi connectivity index (χ1n) is 8.94. The highest BCUT2D eigenvalue weighted by atomic mass is 32.2. The van der Waals surface area contributed by atoms with E-state index in [9.17, 15) is 13.2 Å². The average molecular weight is 396 g/mol. The van der Waals surface area contributed by atoms with Gasteiger partial charge in [0.2, 0.25) is 0 Å². The molecular formula is C21H20N2O4S. The molecule has 1 fully saturated rings. The van der Waals surface area contributed by atoms with E-state index in [1.807, 2.05) is 43.3 Å². The molecule has 1 amide bonds. The fourth-order valence-corrected chi connectivity index (χ4v) is 4.61. The van der Waals surface area contributed by atoms with Crippen molar-refractivity contribution in [3.05, 3.63) is 71.8 Å². The molecule has 0 aliphatic carbocycles. The first-order valence-corrected chi connectivity index (χ1v) is 10.5. The van der Waals surface area contributed by atoms with Gasteiger partial charge in [-0.3, -0.25) is 9.10 Å². The molecule has 0 bridgehead atoms. The highest BCUT2D eigenvalue weighted by molar-refractivity contribution is 7.92. The van der Waals surface area contributed by atoms with Gasteiger partial charge in [-0.15, -0.1) is 0 Å². The fourth-order valence-electron chi connectivity index (χ4n) is 3.35. The van der Waals surface area contributed by atoms with Crippen molar-refractivity contribution >= 4 is 38.1 Å². The molecule has 144 valence electrons. The van der Waals surface area contributed by atoms with Crippen LogP contribution in [0.4, 0.5) is 11.4 Å². The minimum atomic E-state index is -3.48. The predicted octanol–water partition coefficient (Wildman–Crippen LogP) is 3.52. The summed E-state index contributed by atoms with van der Waals surface area (Å²) in [6.45, 7) is 2.65. The summed E-state index contributed by atoms with van der Waals surface area (Å²) in [7, 11) is -3.48. The summed E-state index contributed by atoms with van der Waals surface area (Å²) in [5.74, 6) is -0.569. The number of fused-ring (bicyclic) bond motifs is 1. The Kier molecular flexibility index (Phi) is 4.78. The van der Waals surface area contributed by atoms with E-state index < -0.39 is 10.0 Å². The first kappa shape index (κ1) is 18.5. The van der Waals surface area contributed by atoms with E-state index in [-0.39, 0.29) is 18.4 Å². The number of ether oxygens (including phenoxy) is 1. The van der Waals surface area contributed by atoms with Crippen LogP contribution in [0.25, 0.3) is 10.8 Å². The van der Waals surface area contributed by atoms with E-state index in [1.165, 1.54) is 4.31 Å². The SMILES string of the molecule is Cc1cccc2c(NC(=O)c3ccc(N4CCOCS4(=O)=O)cc3)cccc12. The number of nitrogens with one attached hydrogen (secondary N) is 1. The lowest BCUT2D eigenvalue weighted by Gasteiger charge is -2.28. The van der Waals surface area contributed by atoms with Gasteiger partial charge in [-0.1, -0.05) is 30.3 Å². The van der Waals surface area contributed by atoms with Gasteiger partial charge in [-0.25, -0.2) is 8.42 Å². The zero-order chi connectivity index (χ0) is 19.7. The zero-order valence-corrected chi connectivity index (χ0v) is 16.2. The molecule has 0 aromatic heterocycles. The molecule has 3 aromatic rings. The third-order valence-corrected chi connectivity index (χ3v) is 6.34. The Morgan fingerprint density at radius 3 is 2.46 bits per heavy atom. The maximum Gasteiger partial charge on any atom is 0.259 e. The average Bonchev–Trinajstić information content (AvgIpc) is 2.69. The Morgan fingerprint density at radius 1 is 1.00 bits per heavy atom. The van der Waals surface area contributed by atoms with E-state index in [4.69, 9.17) is 4.74 Å². The summed E-state index contributed by atoms with van der Waals surface area (Å²) < 4.78 is 30.6. The van der Waals surface area contributed by atoms with Crippen molar-refractivity contribution in [3.8, 4) is 0 Å². The number of anilines is 2. The van der Waals surface area contributed by atoms with Gasteiger partial charge in [0.05, 0.1) is 18.8 Å². The second kappa shape index (κ2) is 7.26. The molecule has 1 N–H and O–H groups in total. The molecule has 3 aromatic carbocycles. The summed E-state index contributed by atoms with van der Waals surface area (Å²) in [5.41, 5.74) is 2.87. The second-order valence-corrected chi connectivity index (χ2v) is 8.53. The zero-order valence-electron chi connectivity index (χ0n) is 15.4. The Morgan fingerprint density at radius 2 is 1.71 bits per heavy atom. The normalized spacial score (nSPS) is 16.1. The molecule has 0 saturated carbocycles. The minimum absolute atomic E-state index is 0.245. The molecule has 0 atom stereocenters. The molecule has 28 heavy (non-hydrogen) atoms. The van der Waals surface area contributed by atoms with Crippen LogP contribution in [-0.2, 0) is 14.8 Å². The predicted molar refractivity (Wildman–Crippen MR) is 110 cm³/mol. The largest absolute Gasteiger partial charge is 0.362 e. The molecule has 0 radical (unpaired) electrons. The van der Waals surface area contributed by atoms with Gasteiger partial charge in [0, 0.05) is 16.6 Å². The van der Waals surface area contributed by atoms with Crippen LogP contribution >= 0.6 is 0 Å². The molecule has 6 nitrogen and oxygen atoms in total. The second-order valence-electron chi connectivity index (χ2n) is 6.69. The Labute approximate surface area is 163 Å². The number of carbonyl (C=O) groups excluding carboxylic acids is 1. The number of carbonyl (C=O) groups is 1. The van der Waals surface area contributed by atoms with Crippen molar-refractivity contribution in [2.24, 2.45) is 0 Å². The quantitative estimate of drug-likeness (QED) is 0.735. The van der Waals surface area contributed by atoms with Crippen LogP contribution in [0.5, 0.6) is 0 Å². The molecule has 1 aliphatic rings. The number of rotatable bonds is 3. The lowest BCUT2D eigenvalue weighted by molar-refractivity contribution is 0.102. The van der Waals surface area contributed by atoms with E-state index >= 15 is 0 Å². The van der Waals surface area contributed by atoms with Crippen molar-refractivity contribution in [2.45, 2.75) is 6.92 Å². The van der Waals surface area contributed by atoms with Crippen molar-refractivity contribution in [1.29, 1.82) is 0 Å². The highest BCUT2D eigenvalue weighted by Crippen LogP contribution is 2.27. The van der Waals surface area contributed by atoms with Crippen LogP contribution in [-0.4, -0.2) is 33.4 Å². The van der Waals surface area contributed by atoms with Crippen molar-refractivity contribution in [3.63, 3.8) is 0 Å². The standard InChI is InChI=1S/C21H20N2O4S/c1-15-4-2-6-19-18(15)5-3-7-20(19)22-21(24)16-8-10-17(11-9-16)23-12-13-27-14-28(23,25)26/h2-11H,12-14H2,1H3,(H,22,24). The van der Waals surface area contributed by atoms with Gasteiger partial charge in [0.1, 0.15) is 0 Å². The highest BCUT2D eigenvalue weighted by Gasteiger charge is 2.26. The Bertz CT molecular complexity index is 1140. The lowest BCUT2D eigenvalue weighted by atomic mass is 10.0. The number of sulfonamides is 1. The van der Waals surface area contributed by atoms with Crippen molar-refractivity contribution < 1.29 is 17.9 Å². The summed E-state index contributed by atoms with van der Waals surface area (Å²) in [4.78, 5) is 12.7. The smallest absolute Gasteiger partial charge is 0.259 e. The Hall–Kier alpha value is -2.90. The molecule has 1 aliphatic heterocycles. The van der Waals surface area contributed by atoms with Gasteiger partial charge in [0.25, 0.3) is 15.9 Å². The molecule has 0 spiro atoms. The number of hydrogen-bond donors (Lipinski definition) is 1. The number of nitrogens with zero attached hydrogens (tertiary/aromatic N) is 1. The Balaban J connectivity index is 1.57. The third-order valence-electron chi connectivity index (χ3n) is 4.81. The van der Waals surface area contributed by atoms with E-state index in [0.717, 1.165) is 22.0 Å². The maximum atomic E-state index is 12.7. The number of amides is 1. The topological polar surface area (TPSA) is 75.7 Å².